The van der Waals surface area contributed by atoms with Crippen LogP contribution < -0.4 is 5.32 Å². The van der Waals surface area contributed by atoms with Crippen molar-refractivity contribution in [1.82, 2.24) is 10.2 Å². The molecule has 0 bridgehead atoms. The number of hydrogen-bond donors (Lipinski definition) is 3. The van der Waals surface area contributed by atoms with Crippen LogP contribution in [0.5, 0.6) is 0 Å². The van der Waals surface area contributed by atoms with Gasteiger partial charge in [-0.15, -0.1) is 11.8 Å². The van der Waals surface area contributed by atoms with Crippen LogP contribution in [0, 0.1) is 5.92 Å². The summed E-state index contributed by atoms with van der Waals surface area (Å²) >= 11 is 1.58. The minimum absolute atomic E-state index is 0.133. The third-order valence-electron chi connectivity index (χ3n) is 4.21. The third kappa shape index (κ3) is 2.04. The maximum atomic E-state index is 12.0. The molecule has 3 heterocycles. The molecule has 0 spiro atoms. The Balaban J connectivity index is 1.81. The highest BCUT2D eigenvalue weighted by Gasteiger charge is 2.56. The van der Waals surface area contributed by atoms with E-state index in [9.17, 15) is 19.8 Å². The molecule has 3 rings (SSSR count). The van der Waals surface area contributed by atoms with Crippen LogP contribution >= 0.6 is 11.8 Å². The van der Waals surface area contributed by atoms with Crippen molar-refractivity contribution in [2.24, 2.45) is 5.92 Å². The van der Waals surface area contributed by atoms with Gasteiger partial charge in [-0.2, -0.15) is 0 Å². The first-order chi connectivity index (χ1) is 9.50. The number of carbonyl (C=O) groups excluding carboxylic acids is 1. The number of fused-ring (bicyclic) bond motifs is 1. The molecule has 3 aliphatic heterocycles. The molecular formula is C13H18N2O4S. The normalized spacial score (nSPS) is 34.2. The summed E-state index contributed by atoms with van der Waals surface area (Å²) in [7, 11) is 0. The van der Waals surface area contributed by atoms with Gasteiger partial charge in [0, 0.05) is 23.1 Å². The van der Waals surface area contributed by atoms with Crippen LogP contribution in [-0.4, -0.2) is 57.5 Å². The summed E-state index contributed by atoms with van der Waals surface area (Å²) in [6, 6.07) is -0.175. The molecule has 3 N–H and O–H groups in total. The van der Waals surface area contributed by atoms with Gasteiger partial charge in [-0.25, -0.2) is 4.79 Å². The molecule has 7 heteroatoms. The monoisotopic (exact) mass is 298 g/mol. The molecule has 0 radical (unpaired) electrons. The first-order valence-corrected chi connectivity index (χ1v) is 7.73. The minimum atomic E-state index is -1.04. The van der Waals surface area contributed by atoms with Crippen molar-refractivity contribution in [1.29, 1.82) is 0 Å². The van der Waals surface area contributed by atoms with Crippen LogP contribution in [-0.2, 0) is 9.59 Å². The minimum Gasteiger partial charge on any atom is -0.477 e. The quantitative estimate of drug-likeness (QED) is 0.633. The fourth-order valence-electron chi connectivity index (χ4n) is 3.27. The second-order valence-electron chi connectivity index (χ2n) is 5.56. The molecule has 110 valence electrons. The van der Waals surface area contributed by atoms with Crippen LogP contribution in [0.15, 0.2) is 10.6 Å². The van der Waals surface area contributed by atoms with Gasteiger partial charge >= 0.3 is 5.97 Å². The van der Waals surface area contributed by atoms with Gasteiger partial charge in [0.2, 0.25) is 5.91 Å². The lowest BCUT2D eigenvalue weighted by Gasteiger charge is -2.44. The number of amides is 1. The van der Waals surface area contributed by atoms with Crippen molar-refractivity contribution >= 4 is 23.6 Å². The smallest absolute Gasteiger partial charge is 0.353 e. The first-order valence-electron chi connectivity index (χ1n) is 6.85. The Bertz CT molecular complexity index is 485. The molecule has 6 nitrogen and oxygen atoms in total. The van der Waals surface area contributed by atoms with Gasteiger partial charge in [0.1, 0.15) is 5.70 Å². The highest BCUT2D eigenvalue weighted by molar-refractivity contribution is 8.03. The SMILES string of the molecule is CC(O)C1C(=O)N2C(C(=O)O)=C(SC3CCNC3)C[C@H]12. The Morgan fingerprint density at radius 3 is 2.85 bits per heavy atom. The standard InChI is InChI=1S/C13H18N2O4S/c1-6(16)10-8-4-9(20-7-2-3-14-5-7)11(13(18)19)15(8)12(10)17/h6-8,10,14,16H,2-5H2,1H3,(H,18,19)/t6?,7?,8-,10?/m1/s1. The van der Waals surface area contributed by atoms with E-state index in [1.165, 1.54) is 4.90 Å². The topological polar surface area (TPSA) is 89.9 Å². The van der Waals surface area contributed by atoms with Crippen LogP contribution in [0.1, 0.15) is 19.8 Å². The van der Waals surface area contributed by atoms with Crippen molar-refractivity contribution < 1.29 is 19.8 Å². The summed E-state index contributed by atoms with van der Waals surface area (Å²) < 4.78 is 0. The van der Waals surface area contributed by atoms with Gasteiger partial charge in [-0.3, -0.25) is 4.79 Å². The fraction of sp³-hybridized carbons (Fsp3) is 0.692. The van der Waals surface area contributed by atoms with E-state index >= 15 is 0 Å². The molecule has 0 aromatic carbocycles. The summed E-state index contributed by atoms with van der Waals surface area (Å²) in [5.41, 5.74) is 0.133. The molecule has 4 atom stereocenters. The first kappa shape index (κ1) is 13.9. The molecule has 3 unspecified atom stereocenters. The highest BCUT2D eigenvalue weighted by atomic mass is 32.2. The molecule has 3 aliphatic rings. The maximum Gasteiger partial charge on any atom is 0.353 e. The van der Waals surface area contributed by atoms with Gasteiger partial charge < -0.3 is 20.4 Å². The molecule has 0 saturated carbocycles. The Hall–Kier alpha value is -1.05. The van der Waals surface area contributed by atoms with Crippen molar-refractivity contribution in [3.8, 4) is 0 Å². The lowest BCUT2D eigenvalue weighted by Crippen LogP contribution is -2.61. The summed E-state index contributed by atoms with van der Waals surface area (Å²) in [6.07, 6.45) is 0.847. The van der Waals surface area contributed by atoms with E-state index in [0.29, 0.717) is 11.7 Å². The third-order valence-corrected chi connectivity index (χ3v) is 5.59. The largest absolute Gasteiger partial charge is 0.477 e. The number of carboxylic acids is 1. The second-order valence-corrected chi connectivity index (χ2v) is 6.95. The second kappa shape index (κ2) is 5.05. The lowest BCUT2D eigenvalue weighted by molar-refractivity contribution is -0.161. The molecule has 2 saturated heterocycles. The van der Waals surface area contributed by atoms with Gasteiger partial charge in [-0.1, -0.05) is 0 Å². The highest BCUT2D eigenvalue weighted by Crippen LogP contribution is 2.48. The van der Waals surface area contributed by atoms with Gasteiger partial charge in [0.15, 0.2) is 0 Å². The van der Waals surface area contributed by atoms with Crippen LogP contribution in [0.3, 0.4) is 0 Å². The number of nitrogens with zero attached hydrogens (tertiary/aromatic N) is 1. The van der Waals surface area contributed by atoms with E-state index in [0.717, 1.165) is 24.4 Å². The molecule has 1 amide bonds. The molecule has 0 aromatic heterocycles. The Labute approximate surface area is 121 Å². The Kier molecular flexibility index (Phi) is 3.51. The summed E-state index contributed by atoms with van der Waals surface area (Å²) in [4.78, 5) is 25.6. The number of aliphatic hydroxyl groups is 1. The van der Waals surface area contributed by atoms with E-state index in [2.05, 4.69) is 5.32 Å². The van der Waals surface area contributed by atoms with Crippen molar-refractivity contribution in [2.45, 2.75) is 37.2 Å². The maximum absolute atomic E-state index is 12.0. The van der Waals surface area contributed by atoms with Gasteiger partial charge in [-0.05, 0) is 19.9 Å². The van der Waals surface area contributed by atoms with Crippen molar-refractivity contribution in [3.05, 3.63) is 10.6 Å². The number of aliphatic carboxylic acids is 1. The summed E-state index contributed by atoms with van der Waals surface area (Å²) in [5.74, 6) is -1.76. The number of carbonyl (C=O) groups is 2. The summed E-state index contributed by atoms with van der Waals surface area (Å²) in [5, 5.41) is 22.7. The predicted molar refractivity (Wildman–Crippen MR) is 73.9 cm³/mol. The number of nitrogens with one attached hydrogen (secondary N) is 1. The van der Waals surface area contributed by atoms with Crippen LogP contribution in [0.4, 0.5) is 0 Å². The van der Waals surface area contributed by atoms with E-state index in [-0.39, 0.29) is 17.6 Å². The summed E-state index contributed by atoms with van der Waals surface area (Å²) in [6.45, 7) is 3.42. The zero-order chi connectivity index (χ0) is 14.4. The van der Waals surface area contributed by atoms with E-state index in [1.807, 2.05) is 0 Å². The average molecular weight is 298 g/mol. The number of rotatable bonds is 4. The number of β-lactam (4-membered cyclic amide) rings is 1. The Morgan fingerprint density at radius 1 is 1.55 bits per heavy atom. The average Bonchev–Trinajstić information content (AvgIpc) is 2.95. The van der Waals surface area contributed by atoms with Crippen LogP contribution in [0.25, 0.3) is 0 Å². The van der Waals surface area contributed by atoms with Crippen LogP contribution in [0.2, 0.25) is 0 Å². The van der Waals surface area contributed by atoms with Gasteiger partial charge in [0.25, 0.3) is 0 Å². The zero-order valence-corrected chi connectivity index (χ0v) is 12.0. The molecule has 0 aromatic rings. The van der Waals surface area contributed by atoms with E-state index in [1.54, 1.807) is 18.7 Å². The van der Waals surface area contributed by atoms with Gasteiger partial charge in [0.05, 0.1) is 18.1 Å². The number of carboxylic acid groups (broad SMARTS) is 1. The number of hydrogen-bond acceptors (Lipinski definition) is 5. The van der Waals surface area contributed by atoms with Crippen molar-refractivity contribution in [3.63, 3.8) is 0 Å². The molecule has 20 heavy (non-hydrogen) atoms. The number of thioether (sulfide) groups is 1. The zero-order valence-electron chi connectivity index (χ0n) is 11.2. The Morgan fingerprint density at radius 2 is 2.30 bits per heavy atom. The molecule has 0 aliphatic carbocycles. The van der Waals surface area contributed by atoms with Crippen molar-refractivity contribution in [2.75, 3.05) is 13.1 Å². The molecule has 2 fully saturated rings. The van der Waals surface area contributed by atoms with E-state index < -0.39 is 18.0 Å². The lowest BCUT2D eigenvalue weighted by atomic mass is 9.83. The fourth-order valence-corrected chi connectivity index (χ4v) is 4.67. The van der Waals surface area contributed by atoms with E-state index in [4.69, 9.17) is 0 Å². The predicted octanol–water partition coefficient (Wildman–Crippen LogP) is -0.0108. The molecular weight excluding hydrogens is 280 g/mol. The number of aliphatic hydroxyl groups excluding tert-OH is 1.